The van der Waals surface area contributed by atoms with Crippen molar-refractivity contribution in [2.75, 3.05) is 26.9 Å². The second-order valence-corrected chi connectivity index (χ2v) is 9.04. The maximum Gasteiger partial charge on any atom is 0.327 e. The number of imide groups is 1. The molecule has 1 aliphatic heterocycles. The number of amides is 3. The highest BCUT2D eigenvalue weighted by Crippen LogP contribution is 2.21. The maximum absolute atomic E-state index is 13.4. The maximum atomic E-state index is 13.4. The van der Waals surface area contributed by atoms with Gasteiger partial charge in [-0.3, -0.25) is 9.69 Å². The number of hydrogen-bond donors (Lipinski definition) is 1. The summed E-state index contributed by atoms with van der Waals surface area (Å²) in [5.41, 5.74) is 1.03. The van der Waals surface area contributed by atoms with Crippen molar-refractivity contribution < 1.29 is 19.4 Å². The topological polar surface area (TPSA) is 98.6 Å². The first kappa shape index (κ1) is 23.7. The molecule has 0 spiro atoms. The van der Waals surface area contributed by atoms with E-state index in [-0.39, 0.29) is 31.7 Å². The second kappa shape index (κ2) is 10.6. The van der Waals surface area contributed by atoms with E-state index in [1.165, 1.54) is 21.1 Å². The van der Waals surface area contributed by atoms with Crippen LogP contribution in [0.3, 0.4) is 0 Å². The fourth-order valence-electron chi connectivity index (χ4n) is 3.28. The van der Waals surface area contributed by atoms with E-state index in [1.807, 2.05) is 38.1 Å². The normalized spacial score (nSPS) is 17.7. The van der Waals surface area contributed by atoms with Crippen molar-refractivity contribution in [2.45, 2.75) is 39.8 Å². The van der Waals surface area contributed by atoms with E-state index in [1.54, 1.807) is 25.1 Å². The van der Waals surface area contributed by atoms with Crippen LogP contribution in [0.15, 0.2) is 35.5 Å². The molecule has 2 aromatic rings. The molecule has 172 valence electrons. The third-order valence-corrected chi connectivity index (χ3v) is 5.92. The van der Waals surface area contributed by atoms with Crippen molar-refractivity contribution >= 4 is 29.3 Å². The van der Waals surface area contributed by atoms with E-state index in [9.17, 15) is 14.7 Å². The number of benzene rings is 1. The molecule has 1 N–H and O–H groups in total. The second-order valence-electron chi connectivity index (χ2n) is 7.72. The molecule has 0 aliphatic carbocycles. The highest BCUT2D eigenvalue weighted by molar-refractivity contribution is 7.11. The van der Waals surface area contributed by atoms with E-state index in [0.29, 0.717) is 18.7 Å². The number of carbonyl (C=O) groups excluding carboxylic acids is 2. The quantitative estimate of drug-likeness (QED) is 0.713. The number of carbonyl (C=O) groups is 2. The lowest BCUT2D eigenvalue weighted by molar-refractivity contribution is -0.132. The van der Waals surface area contributed by atoms with E-state index in [2.05, 4.69) is 9.98 Å². The summed E-state index contributed by atoms with van der Waals surface area (Å²) >= 11 is 1.53. The van der Waals surface area contributed by atoms with Gasteiger partial charge in [-0.2, -0.15) is 0 Å². The summed E-state index contributed by atoms with van der Waals surface area (Å²) in [5.74, 6) is 0.208. The lowest BCUT2D eigenvalue weighted by Crippen LogP contribution is -2.53. The van der Waals surface area contributed by atoms with E-state index < -0.39 is 12.1 Å². The molecule has 3 amide bonds. The molecule has 0 fully saturated rings. The molecule has 0 saturated carbocycles. The number of aliphatic imine (C=N–C) groups is 1. The Morgan fingerprint density at radius 2 is 2.06 bits per heavy atom. The number of rotatable bonds is 6. The van der Waals surface area contributed by atoms with Crippen LogP contribution in [-0.4, -0.2) is 75.7 Å². The number of aryl methyl sites for hydroxylation is 2. The summed E-state index contributed by atoms with van der Waals surface area (Å²) in [5, 5.41) is 10.0. The van der Waals surface area contributed by atoms with E-state index in [0.717, 1.165) is 15.4 Å². The number of ether oxygens (including phenoxy) is 1. The number of aliphatic hydroxyl groups is 1. The first-order valence-corrected chi connectivity index (χ1v) is 11.3. The van der Waals surface area contributed by atoms with Gasteiger partial charge in [0.2, 0.25) is 0 Å². The monoisotopic (exact) mass is 459 g/mol. The molecule has 0 saturated heterocycles. The molecule has 1 aliphatic rings. The van der Waals surface area contributed by atoms with Crippen LogP contribution < -0.4 is 4.74 Å². The summed E-state index contributed by atoms with van der Waals surface area (Å²) in [6, 6.07) is 6.60. The zero-order chi connectivity index (χ0) is 23.3. The van der Waals surface area contributed by atoms with Gasteiger partial charge in [-0.05, 0) is 44.9 Å². The fraction of sp³-hybridized carbons (Fsp3) is 0.455. The Morgan fingerprint density at radius 3 is 2.72 bits per heavy atom. The molecule has 10 heteroatoms. The largest absolute Gasteiger partial charge is 0.426 e. The van der Waals surface area contributed by atoms with Crippen LogP contribution in [0.1, 0.15) is 28.8 Å². The van der Waals surface area contributed by atoms with Crippen LogP contribution >= 0.6 is 11.3 Å². The van der Waals surface area contributed by atoms with Crippen LogP contribution in [0.25, 0.3) is 0 Å². The summed E-state index contributed by atoms with van der Waals surface area (Å²) in [7, 11) is 1.58. The first-order valence-electron chi connectivity index (χ1n) is 10.4. The molecule has 0 radical (unpaired) electrons. The van der Waals surface area contributed by atoms with Gasteiger partial charge in [0.15, 0.2) is 0 Å². The van der Waals surface area contributed by atoms with Crippen molar-refractivity contribution in [3.8, 4) is 5.75 Å². The van der Waals surface area contributed by atoms with Gasteiger partial charge < -0.3 is 19.6 Å². The molecule has 1 atom stereocenters. The molecular formula is C22H29N5O4S. The SMILES string of the molecule is Cc1cccc(OC2=NCN(C)C(=O)N(CCCO)C(=O)[C@H](C)N2Cc2ncc(C)s2)c1. The highest BCUT2D eigenvalue weighted by Gasteiger charge is 2.35. The zero-order valence-electron chi connectivity index (χ0n) is 18.8. The Balaban J connectivity index is 2.00. The average molecular weight is 460 g/mol. The molecule has 1 aromatic heterocycles. The van der Waals surface area contributed by atoms with Gasteiger partial charge >= 0.3 is 6.03 Å². The number of thiazole rings is 1. The van der Waals surface area contributed by atoms with Gasteiger partial charge in [0, 0.05) is 31.3 Å². The number of nitrogens with zero attached hydrogens (tertiary/aromatic N) is 5. The van der Waals surface area contributed by atoms with Gasteiger partial charge in [0.05, 0.1) is 6.54 Å². The predicted molar refractivity (Wildman–Crippen MR) is 123 cm³/mol. The Kier molecular flexibility index (Phi) is 7.81. The number of aromatic nitrogens is 1. The molecule has 0 bridgehead atoms. The third-order valence-electron chi connectivity index (χ3n) is 5.03. The summed E-state index contributed by atoms with van der Waals surface area (Å²) in [4.78, 5) is 40.6. The smallest absolute Gasteiger partial charge is 0.327 e. The van der Waals surface area contributed by atoms with Crippen LogP contribution in [0, 0.1) is 13.8 Å². The van der Waals surface area contributed by atoms with Crippen LogP contribution in [0.4, 0.5) is 4.79 Å². The summed E-state index contributed by atoms with van der Waals surface area (Å²) in [6.07, 6.45) is 2.09. The third kappa shape index (κ3) is 5.63. The minimum Gasteiger partial charge on any atom is -0.426 e. The first-order chi connectivity index (χ1) is 15.3. The number of hydrogen-bond acceptors (Lipinski definition) is 8. The Hall–Kier alpha value is -2.98. The molecular weight excluding hydrogens is 430 g/mol. The van der Waals surface area contributed by atoms with Crippen molar-refractivity contribution in [1.82, 2.24) is 19.7 Å². The fourth-order valence-corrected chi connectivity index (χ4v) is 4.06. The molecule has 32 heavy (non-hydrogen) atoms. The number of aliphatic hydroxyl groups excluding tert-OH is 1. The van der Waals surface area contributed by atoms with Gasteiger partial charge in [-0.15, -0.1) is 11.3 Å². The standard InChI is InChI=1S/C22H29N5O4S/c1-15-7-5-8-18(11-15)31-21-24-14-25(4)22(30)26(9-6-10-28)20(29)17(3)27(21)13-19-23-12-16(2)32-19/h5,7-8,11-12,17,28H,6,9-10,13-14H2,1-4H3/t17-/m0/s1. The lowest BCUT2D eigenvalue weighted by Gasteiger charge is -2.32. The van der Waals surface area contributed by atoms with Crippen molar-refractivity contribution in [3.05, 3.63) is 45.9 Å². The minimum absolute atomic E-state index is 0.0169. The van der Waals surface area contributed by atoms with Gasteiger partial charge in [-0.1, -0.05) is 12.1 Å². The predicted octanol–water partition coefficient (Wildman–Crippen LogP) is 2.62. The van der Waals surface area contributed by atoms with Crippen molar-refractivity contribution in [3.63, 3.8) is 0 Å². The highest BCUT2D eigenvalue weighted by atomic mass is 32.1. The van der Waals surface area contributed by atoms with Crippen molar-refractivity contribution in [2.24, 2.45) is 4.99 Å². The van der Waals surface area contributed by atoms with Gasteiger partial charge in [0.1, 0.15) is 23.5 Å². The summed E-state index contributed by atoms with van der Waals surface area (Å²) in [6.45, 7) is 5.99. The minimum atomic E-state index is -0.739. The molecule has 1 aromatic carbocycles. The molecule has 2 heterocycles. The molecule has 0 unspecified atom stereocenters. The average Bonchev–Trinajstić information content (AvgIpc) is 3.19. The zero-order valence-corrected chi connectivity index (χ0v) is 19.6. The van der Waals surface area contributed by atoms with E-state index >= 15 is 0 Å². The Bertz CT molecular complexity index is 992. The number of amidine groups is 1. The summed E-state index contributed by atoms with van der Waals surface area (Å²) < 4.78 is 6.14. The van der Waals surface area contributed by atoms with Crippen LogP contribution in [-0.2, 0) is 11.3 Å². The van der Waals surface area contributed by atoms with Crippen molar-refractivity contribution in [1.29, 1.82) is 0 Å². The van der Waals surface area contributed by atoms with E-state index in [4.69, 9.17) is 4.74 Å². The van der Waals surface area contributed by atoms with Gasteiger partial charge in [0.25, 0.3) is 11.9 Å². The molecule has 9 nitrogen and oxygen atoms in total. The Morgan fingerprint density at radius 1 is 1.28 bits per heavy atom. The Labute approximate surface area is 191 Å². The molecule has 3 rings (SSSR count). The lowest BCUT2D eigenvalue weighted by atomic mass is 10.2. The van der Waals surface area contributed by atoms with Crippen LogP contribution in [0.2, 0.25) is 0 Å². The van der Waals surface area contributed by atoms with Crippen LogP contribution in [0.5, 0.6) is 5.75 Å². The van der Waals surface area contributed by atoms with Gasteiger partial charge in [-0.25, -0.2) is 14.8 Å². The number of urea groups is 1.